The third-order valence-electron chi connectivity index (χ3n) is 4.95. The smallest absolute Gasteiger partial charge is 0.255 e. The number of nitrogens with one attached hydrogen (secondary N) is 1. The quantitative estimate of drug-likeness (QED) is 0.777. The van der Waals surface area contributed by atoms with Gasteiger partial charge in [-0.2, -0.15) is 5.10 Å². The molecule has 0 aliphatic carbocycles. The lowest BCUT2D eigenvalue weighted by atomic mass is 10.1. The highest BCUT2D eigenvalue weighted by atomic mass is 16.1. The number of rotatable bonds is 4. The molecule has 0 bridgehead atoms. The van der Waals surface area contributed by atoms with Gasteiger partial charge in [0.15, 0.2) is 5.82 Å². The lowest BCUT2D eigenvalue weighted by molar-refractivity contribution is 0.241. The second-order valence-corrected chi connectivity index (χ2v) is 6.59. The third kappa shape index (κ3) is 3.06. The van der Waals surface area contributed by atoms with Crippen LogP contribution in [0.15, 0.2) is 35.4 Å². The molecule has 7 nitrogen and oxygen atoms in total. The van der Waals surface area contributed by atoms with Crippen molar-refractivity contribution in [1.29, 1.82) is 0 Å². The molecule has 1 aliphatic rings. The third-order valence-corrected chi connectivity index (χ3v) is 4.95. The van der Waals surface area contributed by atoms with Crippen LogP contribution in [0.5, 0.6) is 0 Å². The summed E-state index contributed by atoms with van der Waals surface area (Å²) < 4.78 is 2.00. The number of H-pyrrole nitrogens is 1. The van der Waals surface area contributed by atoms with Crippen LogP contribution >= 0.6 is 0 Å². The Morgan fingerprint density at radius 2 is 2.19 bits per heavy atom. The van der Waals surface area contributed by atoms with Gasteiger partial charge in [0.25, 0.3) is 5.56 Å². The molecule has 0 fully saturated rings. The molecule has 0 atom stereocenters. The molecular formula is C19H22N6O. The molecule has 7 heteroatoms. The number of aromatic nitrogens is 5. The molecule has 3 aromatic rings. The number of hydrogen-bond donors (Lipinski definition) is 1. The van der Waals surface area contributed by atoms with Gasteiger partial charge in [-0.1, -0.05) is 6.07 Å². The van der Waals surface area contributed by atoms with Gasteiger partial charge in [0, 0.05) is 50.1 Å². The van der Waals surface area contributed by atoms with Gasteiger partial charge in [-0.05, 0) is 26.0 Å². The topological polar surface area (TPSA) is 79.7 Å². The lowest BCUT2D eigenvalue weighted by Crippen LogP contribution is -2.35. The van der Waals surface area contributed by atoms with Crippen LogP contribution in [0.2, 0.25) is 0 Å². The van der Waals surface area contributed by atoms with Crippen LogP contribution in [0.1, 0.15) is 29.4 Å². The largest absolute Gasteiger partial charge is 0.305 e. The van der Waals surface area contributed by atoms with Gasteiger partial charge in [0.1, 0.15) is 5.69 Å². The second-order valence-electron chi connectivity index (χ2n) is 6.59. The molecule has 0 unspecified atom stereocenters. The summed E-state index contributed by atoms with van der Waals surface area (Å²) in [5.41, 5.74) is 4.67. The fourth-order valence-corrected chi connectivity index (χ4v) is 3.44. The molecule has 0 radical (unpaired) electrons. The van der Waals surface area contributed by atoms with Gasteiger partial charge in [-0.3, -0.25) is 19.4 Å². The minimum atomic E-state index is -0.0682. The van der Waals surface area contributed by atoms with Gasteiger partial charge in [0.05, 0.1) is 17.5 Å². The highest BCUT2D eigenvalue weighted by Crippen LogP contribution is 2.20. The summed E-state index contributed by atoms with van der Waals surface area (Å²) in [7, 11) is 0. The number of nitrogens with zero attached hydrogens (tertiary/aromatic N) is 5. The second kappa shape index (κ2) is 6.84. The van der Waals surface area contributed by atoms with E-state index in [1.807, 2.05) is 29.1 Å². The number of aryl methyl sites for hydroxylation is 1. The first kappa shape index (κ1) is 16.7. The summed E-state index contributed by atoms with van der Waals surface area (Å²) >= 11 is 0. The van der Waals surface area contributed by atoms with Gasteiger partial charge < -0.3 is 4.98 Å². The van der Waals surface area contributed by atoms with Crippen LogP contribution in [0.4, 0.5) is 0 Å². The Morgan fingerprint density at radius 1 is 1.31 bits per heavy atom. The standard InChI is InChI=1S/C19H22N6O/c1-3-25-13(2)14(10-21-25)11-24-9-7-16-15(12-24)19(26)23-18(22-16)17-6-4-5-8-20-17/h4-6,8,10H,3,7,9,11-12H2,1-2H3,(H,22,23,26). The van der Waals surface area contributed by atoms with E-state index in [4.69, 9.17) is 0 Å². The van der Waals surface area contributed by atoms with Crippen LogP contribution in [-0.2, 0) is 26.1 Å². The van der Waals surface area contributed by atoms with E-state index in [-0.39, 0.29) is 5.56 Å². The van der Waals surface area contributed by atoms with Crippen molar-refractivity contribution in [3.05, 3.63) is 63.5 Å². The first-order chi connectivity index (χ1) is 12.7. The minimum absolute atomic E-state index is 0.0682. The fourth-order valence-electron chi connectivity index (χ4n) is 3.44. The molecule has 4 rings (SSSR count). The van der Waals surface area contributed by atoms with E-state index < -0.39 is 0 Å². The molecule has 0 spiro atoms. The number of aromatic amines is 1. The zero-order valence-electron chi connectivity index (χ0n) is 15.1. The predicted octanol–water partition coefficient (Wildman–Crippen LogP) is 1.92. The van der Waals surface area contributed by atoms with Crippen LogP contribution in [0.3, 0.4) is 0 Å². The molecule has 4 heterocycles. The molecule has 3 aromatic heterocycles. The maximum absolute atomic E-state index is 12.6. The molecule has 0 aromatic carbocycles. The summed E-state index contributed by atoms with van der Waals surface area (Å²) in [5.74, 6) is 0.544. The summed E-state index contributed by atoms with van der Waals surface area (Å²) in [6.45, 7) is 7.34. The normalized spacial score (nSPS) is 14.4. The van der Waals surface area contributed by atoms with Gasteiger partial charge in [-0.15, -0.1) is 0 Å². The summed E-state index contributed by atoms with van der Waals surface area (Å²) in [6, 6.07) is 5.59. The van der Waals surface area contributed by atoms with Gasteiger partial charge in [-0.25, -0.2) is 4.98 Å². The summed E-state index contributed by atoms with van der Waals surface area (Å²) in [4.78, 5) is 26.7. The molecule has 0 saturated heterocycles. The van der Waals surface area contributed by atoms with Crippen molar-refractivity contribution in [3.63, 3.8) is 0 Å². The van der Waals surface area contributed by atoms with Crippen molar-refractivity contribution in [2.45, 2.75) is 39.9 Å². The Hall–Kier alpha value is -2.80. The molecule has 1 aliphatic heterocycles. The highest BCUT2D eigenvalue weighted by Gasteiger charge is 2.22. The van der Waals surface area contributed by atoms with E-state index in [1.165, 1.54) is 11.3 Å². The Balaban J connectivity index is 1.57. The van der Waals surface area contributed by atoms with E-state index in [0.29, 0.717) is 18.1 Å². The average molecular weight is 350 g/mol. The fraction of sp³-hybridized carbons (Fsp3) is 0.368. The van der Waals surface area contributed by atoms with E-state index >= 15 is 0 Å². The van der Waals surface area contributed by atoms with Gasteiger partial charge >= 0.3 is 0 Å². The maximum atomic E-state index is 12.6. The van der Waals surface area contributed by atoms with Crippen LogP contribution < -0.4 is 5.56 Å². The first-order valence-corrected chi connectivity index (χ1v) is 8.92. The van der Waals surface area contributed by atoms with Crippen LogP contribution in [0, 0.1) is 6.92 Å². The zero-order chi connectivity index (χ0) is 18.1. The van der Waals surface area contributed by atoms with Crippen LogP contribution in [-0.4, -0.2) is 36.2 Å². The lowest BCUT2D eigenvalue weighted by Gasteiger charge is -2.27. The van der Waals surface area contributed by atoms with E-state index in [9.17, 15) is 4.79 Å². The van der Waals surface area contributed by atoms with Crippen molar-refractivity contribution < 1.29 is 0 Å². The molecular weight excluding hydrogens is 328 g/mol. The Bertz CT molecular complexity index is 975. The molecule has 1 N–H and O–H groups in total. The van der Waals surface area contributed by atoms with E-state index in [1.54, 1.807) is 6.20 Å². The van der Waals surface area contributed by atoms with Crippen molar-refractivity contribution in [3.8, 4) is 11.5 Å². The van der Waals surface area contributed by atoms with Crippen molar-refractivity contribution >= 4 is 0 Å². The predicted molar refractivity (Wildman–Crippen MR) is 98.5 cm³/mol. The Morgan fingerprint density at radius 3 is 2.92 bits per heavy atom. The van der Waals surface area contributed by atoms with E-state index in [0.717, 1.165) is 37.3 Å². The monoisotopic (exact) mass is 350 g/mol. The Labute approximate surface area is 151 Å². The number of pyridine rings is 1. The summed E-state index contributed by atoms with van der Waals surface area (Å²) in [6.07, 6.45) is 4.40. The SMILES string of the molecule is CCn1ncc(CN2CCc3nc(-c4ccccn4)[nH]c(=O)c3C2)c1C. The van der Waals surface area contributed by atoms with Gasteiger partial charge in [0.2, 0.25) is 0 Å². The van der Waals surface area contributed by atoms with E-state index in [2.05, 4.69) is 38.8 Å². The maximum Gasteiger partial charge on any atom is 0.255 e. The molecule has 0 amide bonds. The molecule has 0 saturated carbocycles. The number of hydrogen-bond acceptors (Lipinski definition) is 5. The molecule has 26 heavy (non-hydrogen) atoms. The van der Waals surface area contributed by atoms with Crippen molar-refractivity contribution in [1.82, 2.24) is 29.6 Å². The first-order valence-electron chi connectivity index (χ1n) is 8.92. The van der Waals surface area contributed by atoms with Crippen LogP contribution in [0.25, 0.3) is 11.5 Å². The average Bonchev–Trinajstić information content (AvgIpc) is 3.02. The number of fused-ring (bicyclic) bond motifs is 1. The zero-order valence-corrected chi connectivity index (χ0v) is 15.1. The minimum Gasteiger partial charge on any atom is -0.305 e. The highest BCUT2D eigenvalue weighted by molar-refractivity contribution is 5.49. The summed E-state index contributed by atoms with van der Waals surface area (Å²) in [5, 5.41) is 4.41. The Kier molecular flexibility index (Phi) is 4.38. The van der Waals surface area contributed by atoms with Crippen molar-refractivity contribution in [2.24, 2.45) is 0 Å². The molecule has 134 valence electrons. The van der Waals surface area contributed by atoms with Crippen molar-refractivity contribution in [2.75, 3.05) is 6.54 Å².